The predicted octanol–water partition coefficient (Wildman–Crippen LogP) is 3.37. The van der Waals surface area contributed by atoms with E-state index in [-0.39, 0.29) is 11.7 Å². The summed E-state index contributed by atoms with van der Waals surface area (Å²) in [6.45, 7) is 8.95. The number of aryl methyl sites for hydroxylation is 1. The molecule has 0 saturated carbocycles. The molecule has 3 rings (SSSR count). The molecule has 1 aliphatic rings. The number of piperidine rings is 1. The quantitative estimate of drug-likeness (QED) is 0.861. The van der Waals surface area contributed by atoms with E-state index in [0.29, 0.717) is 29.5 Å². The van der Waals surface area contributed by atoms with Crippen molar-refractivity contribution in [1.29, 1.82) is 0 Å². The molecule has 1 aliphatic heterocycles. The highest BCUT2D eigenvalue weighted by molar-refractivity contribution is 5.93. The Bertz CT molecular complexity index is 765. The Morgan fingerprint density at radius 3 is 2.81 bits per heavy atom. The van der Waals surface area contributed by atoms with Crippen molar-refractivity contribution in [1.82, 2.24) is 20.4 Å². The summed E-state index contributed by atoms with van der Waals surface area (Å²) in [6, 6.07) is 6.83. The summed E-state index contributed by atoms with van der Waals surface area (Å²) in [4.78, 5) is 14.8. The molecular formula is C20H27FN4O. The molecule has 1 amide bonds. The maximum atomic E-state index is 13.4. The van der Waals surface area contributed by atoms with E-state index in [0.717, 1.165) is 24.6 Å². The molecule has 6 heteroatoms. The molecule has 2 aromatic rings. The number of nitrogens with one attached hydrogen (secondary N) is 2. The van der Waals surface area contributed by atoms with E-state index in [4.69, 9.17) is 0 Å². The molecule has 5 nitrogen and oxygen atoms in total. The summed E-state index contributed by atoms with van der Waals surface area (Å²) in [5, 5.41) is 9.94. The van der Waals surface area contributed by atoms with Gasteiger partial charge < -0.3 is 5.32 Å². The minimum atomic E-state index is -0.247. The van der Waals surface area contributed by atoms with Crippen LogP contribution in [0.2, 0.25) is 0 Å². The van der Waals surface area contributed by atoms with Gasteiger partial charge in [-0.1, -0.05) is 6.92 Å². The summed E-state index contributed by atoms with van der Waals surface area (Å²) in [5.74, 6) is 0.384. The first-order chi connectivity index (χ1) is 12.4. The SMILES string of the molecule is Cc1cc(-c2cc(C(=O)NCC(C)N3CCC(C)CC3)[nH]n2)ccc1F. The van der Waals surface area contributed by atoms with Gasteiger partial charge in [0.25, 0.3) is 5.91 Å². The number of amides is 1. The number of carbonyl (C=O) groups excluding carboxylic acids is 1. The number of likely N-dealkylation sites (tertiary alicyclic amines) is 1. The highest BCUT2D eigenvalue weighted by Crippen LogP contribution is 2.21. The minimum absolute atomic E-state index is 0.167. The van der Waals surface area contributed by atoms with Gasteiger partial charge in [-0.3, -0.25) is 14.8 Å². The molecular weight excluding hydrogens is 331 g/mol. The second-order valence-corrected chi connectivity index (χ2v) is 7.41. The molecule has 0 spiro atoms. The molecule has 140 valence electrons. The zero-order valence-corrected chi connectivity index (χ0v) is 15.7. The van der Waals surface area contributed by atoms with E-state index >= 15 is 0 Å². The Morgan fingerprint density at radius 1 is 1.38 bits per heavy atom. The first kappa shape index (κ1) is 18.6. The van der Waals surface area contributed by atoms with Gasteiger partial charge in [0, 0.05) is 18.2 Å². The van der Waals surface area contributed by atoms with Crippen LogP contribution in [0.15, 0.2) is 24.3 Å². The lowest BCUT2D eigenvalue weighted by molar-refractivity contribution is 0.0917. The fourth-order valence-corrected chi connectivity index (χ4v) is 3.32. The molecule has 2 heterocycles. The van der Waals surface area contributed by atoms with Crippen LogP contribution in [0.5, 0.6) is 0 Å². The molecule has 1 saturated heterocycles. The Kier molecular flexibility index (Phi) is 5.71. The van der Waals surface area contributed by atoms with Crippen molar-refractivity contribution in [3.8, 4) is 11.3 Å². The number of benzene rings is 1. The molecule has 0 aliphatic carbocycles. The van der Waals surface area contributed by atoms with Crippen molar-refractivity contribution in [3.63, 3.8) is 0 Å². The number of nitrogens with zero attached hydrogens (tertiary/aromatic N) is 2. The van der Waals surface area contributed by atoms with Crippen LogP contribution in [-0.2, 0) is 0 Å². The summed E-state index contributed by atoms with van der Waals surface area (Å²) < 4.78 is 13.4. The molecule has 26 heavy (non-hydrogen) atoms. The zero-order valence-electron chi connectivity index (χ0n) is 15.7. The largest absolute Gasteiger partial charge is 0.349 e. The monoisotopic (exact) mass is 358 g/mol. The van der Waals surface area contributed by atoms with E-state index in [1.807, 2.05) is 0 Å². The van der Waals surface area contributed by atoms with Gasteiger partial charge in [0.2, 0.25) is 0 Å². The van der Waals surface area contributed by atoms with Crippen LogP contribution in [0.1, 0.15) is 42.7 Å². The molecule has 1 aromatic heterocycles. The van der Waals surface area contributed by atoms with Crippen molar-refractivity contribution < 1.29 is 9.18 Å². The van der Waals surface area contributed by atoms with E-state index in [9.17, 15) is 9.18 Å². The van der Waals surface area contributed by atoms with Crippen LogP contribution < -0.4 is 5.32 Å². The standard InChI is InChI=1S/C20H27FN4O/c1-13-6-8-25(9-7-13)15(3)12-22-20(26)19-11-18(23-24-19)16-4-5-17(21)14(2)10-16/h4-5,10-11,13,15H,6-9,12H2,1-3H3,(H,22,26)(H,23,24). The van der Waals surface area contributed by atoms with Gasteiger partial charge in [-0.15, -0.1) is 0 Å². The van der Waals surface area contributed by atoms with Crippen LogP contribution in [0.4, 0.5) is 4.39 Å². The summed E-state index contributed by atoms with van der Waals surface area (Å²) in [7, 11) is 0. The van der Waals surface area contributed by atoms with E-state index in [1.54, 1.807) is 25.1 Å². The molecule has 1 atom stereocenters. The maximum Gasteiger partial charge on any atom is 0.269 e. The Hall–Kier alpha value is -2.21. The van der Waals surface area contributed by atoms with Crippen molar-refractivity contribution >= 4 is 5.91 Å². The fraction of sp³-hybridized carbons (Fsp3) is 0.500. The van der Waals surface area contributed by atoms with E-state index < -0.39 is 0 Å². The van der Waals surface area contributed by atoms with E-state index in [2.05, 4.69) is 34.3 Å². The lowest BCUT2D eigenvalue weighted by atomic mass is 9.98. The van der Waals surface area contributed by atoms with Crippen LogP contribution in [-0.4, -0.2) is 46.7 Å². The van der Waals surface area contributed by atoms with Crippen molar-refractivity contribution in [3.05, 3.63) is 41.3 Å². The Balaban J connectivity index is 1.57. The van der Waals surface area contributed by atoms with Crippen LogP contribution in [0.3, 0.4) is 0 Å². The lowest BCUT2D eigenvalue weighted by Crippen LogP contribution is -2.45. The van der Waals surface area contributed by atoms with Crippen molar-refractivity contribution in [2.24, 2.45) is 5.92 Å². The van der Waals surface area contributed by atoms with Crippen LogP contribution >= 0.6 is 0 Å². The van der Waals surface area contributed by atoms with E-state index in [1.165, 1.54) is 18.9 Å². The number of hydrogen-bond donors (Lipinski definition) is 2. The Labute approximate surface area is 154 Å². The molecule has 1 aromatic carbocycles. The first-order valence-electron chi connectivity index (χ1n) is 9.28. The summed E-state index contributed by atoms with van der Waals surface area (Å²) in [6.07, 6.45) is 2.44. The zero-order chi connectivity index (χ0) is 18.7. The van der Waals surface area contributed by atoms with Gasteiger partial charge in [-0.25, -0.2) is 4.39 Å². The number of halogens is 1. The maximum absolute atomic E-state index is 13.4. The third-order valence-corrected chi connectivity index (χ3v) is 5.28. The highest BCUT2D eigenvalue weighted by Gasteiger charge is 2.21. The van der Waals surface area contributed by atoms with Gasteiger partial charge in [-0.2, -0.15) is 5.10 Å². The second kappa shape index (κ2) is 7.99. The average molecular weight is 358 g/mol. The normalized spacial score (nSPS) is 17.2. The first-order valence-corrected chi connectivity index (χ1v) is 9.28. The smallest absolute Gasteiger partial charge is 0.269 e. The van der Waals surface area contributed by atoms with Crippen LogP contribution in [0, 0.1) is 18.7 Å². The highest BCUT2D eigenvalue weighted by atomic mass is 19.1. The molecule has 0 radical (unpaired) electrons. The van der Waals surface area contributed by atoms with Gasteiger partial charge >= 0.3 is 0 Å². The number of rotatable bonds is 5. The van der Waals surface area contributed by atoms with Gasteiger partial charge in [0.1, 0.15) is 11.5 Å². The number of aromatic nitrogens is 2. The molecule has 2 N–H and O–H groups in total. The average Bonchev–Trinajstić information content (AvgIpc) is 3.12. The number of hydrogen-bond acceptors (Lipinski definition) is 3. The van der Waals surface area contributed by atoms with Gasteiger partial charge in [0.15, 0.2) is 0 Å². The summed E-state index contributed by atoms with van der Waals surface area (Å²) in [5.41, 5.74) is 2.40. The summed E-state index contributed by atoms with van der Waals surface area (Å²) >= 11 is 0. The molecule has 1 unspecified atom stereocenters. The third kappa shape index (κ3) is 4.30. The Morgan fingerprint density at radius 2 is 2.12 bits per heavy atom. The fourth-order valence-electron chi connectivity index (χ4n) is 3.32. The topological polar surface area (TPSA) is 61.0 Å². The van der Waals surface area contributed by atoms with Crippen molar-refractivity contribution in [2.45, 2.75) is 39.7 Å². The number of carbonyl (C=O) groups is 1. The number of aromatic amines is 1. The molecule has 1 fully saturated rings. The minimum Gasteiger partial charge on any atom is -0.349 e. The predicted molar refractivity (Wildman–Crippen MR) is 100 cm³/mol. The van der Waals surface area contributed by atoms with Gasteiger partial charge in [-0.05, 0) is 75.5 Å². The van der Waals surface area contributed by atoms with Crippen LogP contribution in [0.25, 0.3) is 11.3 Å². The number of H-pyrrole nitrogens is 1. The lowest BCUT2D eigenvalue weighted by Gasteiger charge is -2.34. The third-order valence-electron chi connectivity index (χ3n) is 5.28. The molecule has 0 bridgehead atoms. The van der Waals surface area contributed by atoms with Gasteiger partial charge in [0.05, 0.1) is 5.69 Å². The van der Waals surface area contributed by atoms with Crippen molar-refractivity contribution in [2.75, 3.05) is 19.6 Å². The second-order valence-electron chi connectivity index (χ2n) is 7.41.